The average Bonchev–Trinajstić information content (AvgIpc) is 2.81. The summed E-state index contributed by atoms with van der Waals surface area (Å²) < 4.78 is 5.30. The van der Waals surface area contributed by atoms with Gasteiger partial charge in [-0.3, -0.25) is 0 Å². The molecule has 0 spiro atoms. The average molecular weight is 218 g/mol. The Kier molecular flexibility index (Phi) is 2.85. The number of aromatic nitrogens is 4. The molecule has 0 amide bonds. The molecule has 0 saturated carbocycles. The van der Waals surface area contributed by atoms with E-state index >= 15 is 0 Å². The van der Waals surface area contributed by atoms with E-state index in [9.17, 15) is 0 Å². The standard InChI is InChI=1S/C11H14N4O/c1-8(2)9-6-10(16-3)11(12-7-9)15-13-4-5-14-15/h4-8H,1-3H3. The van der Waals surface area contributed by atoms with E-state index in [2.05, 4.69) is 29.0 Å². The maximum Gasteiger partial charge on any atom is 0.216 e. The first-order chi connectivity index (χ1) is 7.72. The van der Waals surface area contributed by atoms with Crippen molar-refractivity contribution < 1.29 is 4.74 Å². The summed E-state index contributed by atoms with van der Waals surface area (Å²) in [6.45, 7) is 4.23. The van der Waals surface area contributed by atoms with Crippen LogP contribution in [0.4, 0.5) is 0 Å². The highest BCUT2D eigenvalue weighted by atomic mass is 16.5. The Hall–Kier alpha value is -1.91. The summed E-state index contributed by atoms with van der Waals surface area (Å²) >= 11 is 0. The summed E-state index contributed by atoms with van der Waals surface area (Å²) in [5, 5.41) is 8.07. The number of nitrogens with zero attached hydrogens (tertiary/aromatic N) is 4. The Morgan fingerprint density at radius 1 is 1.25 bits per heavy atom. The summed E-state index contributed by atoms with van der Waals surface area (Å²) in [6.07, 6.45) is 5.04. The second-order valence-corrected chi connectivity index (χ2v) is 3.77. The predicted molar refractivity (Wildman–Crippen MR) is 59.8 cm³/mol. The number of methoxy groups -OCH3 is 1. The number of ether oxygens (including phenoxy) is 1. The summed E-state index contributed by atoms with van der Waals surface area (Å²) in [6, 6.07) is 1.97. The van der Waals surface area contributed by atoms with Crippen molar-refractivity contribution in [2.75, 3.05) is 7.11 Å². The highest BCUT2D eigenvalue weighted by molar-refractivity contribution is 5.41. The molecule has 0 N–H and O–H groups in total. The van der Waals surface area contributed by atoms with Gasteiger partial charge in [0, 0.05) is 6.20 Å². The van der Waals surface area contributed by atoms with Crippen molar-refractivity contribution in [2.24, 2.45) is 0 Å². The van der Waals surface area contributed by atoms with E-state index in [-0.39, 0.29) is 0 Å². The molecule has 0 aliphatic rings. The highest BCUT2D eigenvalue weighted by Gasteiger charge is 2.10. The van der Waals surface area contributed by atoms with Crippen LogP contribution in [0.25, 0.3) is 5.82 Å². The minimum atomic E-state index is 0.418. The van der Waals surface area contributed by atoms with Crippen LogP contribution in [0.3, 0.4) is 0 Å². The first-order valence-electron chi connectivity index (χ1n) is 5.13. The zero-order valence-corrected chi connectivity index (χ0v) is 9.58. The highest BCUT2D eigenvalue weighted by Crippen LogP contribution is 2.24. The van der Waals surface area contributed by atoms with Gasteiger partial charge in [0.25, 0.3) is 0 Å². The first-order valence-corrected chi connectivity index (χ1v) is 5.13. The topological polar surface area (TPSA) is 52.8 Å². The molecule has 2 heterocycles. The van der Waals surface area contributed by atoms with Crippen LogP contribution < -0.4 is 4.74 Å². The lowest BCUT2D eigenvalue weighted by Gasteiger charge is -2.10. The minimum Gasteiger partial charge on any atom is -0.493 e. The summed E-state index contributed by atoms with van der Waals surface area (Å²) in [4.78, 5) is 5.77. The molecule has 0 bridgehead atoms. The number of pyridine rings is 1. The molecular formula is C11H14N4O. The van der Waals surface area contributed by atoms with E-state index in [1.54, 1.807) is 19.5 Å². The minimum absolute atomic E-state index is 0.418. The maximum absolute atomic E-state index is 5.30. The fourth-order valence-electron chi connectivity index (χ4n) is 1.39. The van der Waals surface area contributed by atoms with Crippen LogP contribution in [0.15, 0.2) is 24.7 Å². The van der Waals surface area contributed by atoms with Crippen molar-refractivity contribution in [3.05, 3.63) is 30.2 Å². The van der Waals surface area contributed by atoms with Gasteiger partial charge in [-0.05, 0) is 17.5 Å². The molecule has 0 atom stereocenters. The lowest BCUT2D eigenvalue weighted by Crippen LogP contribution is -2.05. The Morgan fingerprint density at radius 2 is 1.94 bits per heavy atom. The molecule has 16 heavy (non-hydrogen) atoms. The van der Waals surface area contributed by atoms with Crippen molar-refractivity contribution in [3.63, 3.8) is 0 Å². The normalized spacial score (nSPS) is 10.8. The molecule has 0 aliphatic carbocycles. The molecule has 0 fully saturated rings. The monoisotopic (exact) mass is 218 g/mol. The summed E-state index contributed by atoms with van der Waals surface area (Å²) in [7, 11) is 1.62. The van der Waals surface area contributed by atoms with Gasteiger partial charge in [0.05, 0.1) is 19.5 Å². The molecule has 5 nitrogen and oxygen atoms in total. The second kappa shape index (κ2) is 4.30. The van der Waals surface area contributed by atoms with Gasteiger partial charge in [-0.25, -0.2) is 4.98 Å². The van der Waals surface area contributed by atoms with Gasteiger partial charge in [-0.1, -0.05) is 13.8 Å². The van der Waals surface area contributed by atoms with Crippen LogP contribution >= 0.6 is 0 Å². The van der Waals surface area contributed by atoms with Gasteiger partial charge < -0.3 is 4.74 Å². The smallest absolute Gasteiger partial charge is 0.216 e. The van der Waals surface area contributed by atoms with Crippen molar-refractivity contribution in [2.45, 2.75) is 19.8 Å². The number of hydrogen-bond donors (Lipinski definition) is 0. The van der Waals surface area contributed by atoms with Crippen molar-refractivity contribution in [1.82, 2.24) is 20.0 Å². The molecule has 0 saturated heterocycles. The molecule has 2 aromatic heterocycles. The largest absolute Gasteiger partial charge is 0.493 e. The molecule has 0 aliphatic heterocycles. The summed E-state index contributed by atoms with van der Waals surface area (Å²) in [5.74, 6) is 1.71. The van der Waals surface area contributed by atoms with Crippen LogP contribution in [0.5, 0.6) is 5.75 Å². The summed E-state index contributed by atoms with van der Waals surface area (Å²) in [5.41, 5.74) is 1.13. The van der Waals surface area contributed by atoms with E-state index < -0.39 is 0 Å². The van der Waals surface area contributed by atoms with E-state index in [1.165, 1.54) is 4.80 Å². The number of hydrogen-bond acceptors (Lipinski definition) is 4. The molecule has 0 unspecified atom stereocenters. The Bertz CT molecular complexity index is 465. The van der Waals surface area contributed by atoms with Crippen molar-refractivity contribution >= 4 is 0 Å². The Labute approximate surface area is 94.1 Å². The van der Waals surface area contributed by atoms with Crippen molar-refractivity contribution in [3.8, 4) is 11.6 Å². The Balaban J connectivity index is 2.47. The zero-order valence-electron chi connectivity index (χ0n) is 9.58. The van der Waals surface area contributed by atoms with E-state index in [0.29, 0.717) is 17.5 Å². The van der Waals surface area contributed by atoms with Crippen LogP contribution in [0, 0.1) is 0 Å². The van der Waals surface area contributed by atoms with Gasteiger partial charge in [-0.15, -0.1) is 4.80 Å². The second-order valence-electron chi connectivity index (χ2n) is 3.77. The third-order valence-electron chi connectivity index (χ3n) is 2.35. The van der Waals surface area contributed by atoms with Gasteiger partial charge in [-0.2, -0.15) is 10.2 Å². The van der Waals surface area contributed by atoms with Crippen LogP contribution in [0.1, 0.15) is 25.3 Å². The molecule has 0 radical (unpaired) electrons. The van der Waals surface area contributed by atoms with Crippen LogP contribution in [-0.2, 0) is 0 Å². The third kappa shape index (κ3) is 1.88. The zero-order chi connectivity index (χ0) is 11.5. The first kappa shape index (κ1) is 10.6. The van der Waals surface area contributed by atoms with E-state index in [0.717, 1.165) is 5.56 Å². The fraction of sp³-hybridized carbons (Fsp3) is 0.364. The molecule has 2 rings (SSSR count). The van der Waals surface area contributed by atoms with Gasteiger partial charge in [0.2, 0.25) is 5.82 Å². The van der Waals surface area contributed by atoms with Crippen LogP contribution in [0.2, 0.25) is 0 Å². The molecule has 0 aromatic carbocycles. The quantitative estimate of drug-likeness (QED) is 0.788. The van der Waals surface area contributed by atoms with Gasteiger partial charge in [0.1, 0.15) is 0 Å². The molecular weight excluding hydrogens is 204 g/mol. The van der Waals surface area contributed by atoms with Gasteiger partial charge >= 0.3 is 0 Å². The van der Waals surface area contributed by atoms with E-state index in [4.69, 9.17) is 4.74 Å². The molecule has 2 aromatic rings. The lowest BCUT2D eigenvalue weighted by atomic mass is 10.1. The molecule has 84 valence electrons. The SMILES string of the molecule is COc1cc(C(C)C)cnc1-n1nccn1. The number of rotatable bonds is 3. The van der Waals surface area contributed by atoms with Crippen molar-refractivity contribution in [1.29, 1.82) is 0 Å². The molecule has 5 heteroatoms. The van der Waals surface area contributed by atoms with Gasteiger partial charge in [0.15, 0.2) is 5.75 Å². The lowest BCUT2D eigenvalue weighted by molar-refractivity contribution is 0.406. The van der Waals surface area contributed by atoms with E-state index in [1.807, 2.05) is 12.3 Å². The van der Waals surface area contributed by atoms with Crippen LogP contribution in [-0.4, -0.2) is 27.1 Å². The Morgan fingerprint density at radius 3 is 2.50 bits per heavy atom. The maximum atomic E-state index is 5.30. The fourth-order valence-corrected chi connectivity index (χ4v) is 1.39. The third-order valence-corrected chi connectivity index (χ3v) is 2.35. The predicted octanol–water partition coefficient (Wildman–Crippen LogP) is 1.79.